The second kappa shape index (κ2) is 8.51. The third-order valence-electron chi connectivity index (χ3n) is 6.83. The molecule has 0 radical (unpaired) electrons. The normalized spacial score (nSPS) is 11.3. The Kier molecular flexibility index (Phi) is 5.15. The Morgan fingerprint density at radius 2 is 0.833 bits per heavy atom. The maximum absolute atomic E-state index is 13.1. The van der Waals surface area contributed by atoms with Crippen molar-refractivity contribution in [2.75, 3.05) is 14.2 Å². The zero-order valence-corrected chi connectivity index (χ0v) is 19.9. The average Bonchev–Trinajstić information content (AvgIpc) is 2.93. The predicted molar refractivity (Wildman–Crippen MR) is 145 cm³/mol. The van der Waals surface area contributed by atoms with E-state index in [1.165, 1.54) is 14.2 Å². The van der Waals surface area contributed by atoms with E-state index in [4.69, 9.17) is 9.47 Å². The molecule has 36 heavy (non-hydrogen) atoms. The number of ether oxygens (including phenoxy) is 2. The Balaban J connectivity index is 1.84. The van der Waals surface area contributed by atoms with Gasteiger partial charge < -0.3 is 9.47 Å². The maximum atomic E-state index is 13.1. The molecule has 0 N–H and O–H groups in total. The van der Waals surface area contributed by atoms with Crippen LogP contribution < -0.4 is 0 Å². The first-order valence-electron chi connectivity index (χ1n) is 11.7. The lowest BCUT2D eigenvalue weighted by Gasteiger charge is -2.18. The summed E-state index contributed by atoms with van der Waals surface area (Å²) in [6, 6.07) is 32.0. The Labute approximate surface area is 207 Å². The first kappa shape index (κ1) is 21.8. The molecule has 0 fully saturated rings. The molecule has 4 heteroatoms. The van der Waals surface area contributed by atoms with Crippen molar-refractivity contribution in [3.8, 4) is 11.1 Å². The summed E-state index contributed by atoms with van der Waals surface area (Å²) in [4.78, 5) is 26.2. The number of fused-ring (bicyclic) bond motifs is 4. The quantitative estimate of drug-likeness (QED) is 0.198. The van der Waals surface area contributed by atoms with Crippen molar-refractivity contribution in [1.82, 2.24) is 0 Å². The number of rotatable bonds is 3. The van der Waals surface area contributed by atoms with E-state index in [2.05, 4.69) is 36.4 Å². The summed E-state index contributed by atoms with van der Waals surface area (Å²) < 4.78 is 10.4. The van der Waals surface area contributed by atoms with E-state index in [9.17, 15) is 9.59 Å². The van der Waals surface area contributed by atoms with Crippen LogP contribution >= 0.6 is 0 Å². The number of benzene rings is 6. The molecule has 6 aromatic carbocycles. The summed E-state index contributed by atoms with van der Waals surface area (Å²) in [5, 5.41) is 7.93. The maximum Gasteiger partial charge on any atom is 0.338 e. The van der Waals surface area contributed by atoms with Crippen LogP contribution in [-0.4, -0.2) is 26.2 Å². The highest BCUT2D eigenvalue weighted by molar-refractivity contribution is 6.20. The predicted octanol–water partition coefficient (Wildman–Crippen LogP) is 7.54. The molecule has 0 aliphatic rings. The van der Waals surface area contributed by atoms with Crippen LogP contribution in [0.5, 0.6) is 0 Å². The fourth-order valence-electron chi connectivity index (χ4n) is 5.13. The molecular formula is C32H22O4. The number of esters is 2. The topological polar surface area (TPSA) is 52.6 Å². The molecule has 6 rings (SSSR count). The third-order valence-corrected chi connectivity index (χ3v) is 6.83. The summed E-state index contributed by atoms with van der Waals surface area (Å²) in [6.07, 6.45) is 0. The van der Waals surface area contributed by atoms with Crippen molar-refractivity contribution >= 4 is 55.0 Å². The van der Waals surface area contributed by atoms with E-state index < -0.39 is 11.9 Å². The van der Waals surface area contributed by atoms with E-state index in [0.29, 0.717) is 22.3 Å². The number of carbonyl (C=O) groups excluding carboxylic acids is 2. The summed E-state index contributed by atoms with van der Waals surface area (Å²) in [5.74, 6) is -0.928. The summed E-state index contributed by atoms with van der Waals surface area (Å²) in [5.41, 5.74) is 2.11. The van der Waals surface area contributed by atoms with E-state index in [-0.39, 0.29) is 0 Å². The largest absolute Gasteiger partial charge is 0.465 e. The van der Waals surface area contributed by atoms with Gasteiger partial charge in [0.2, 0.25) is 0 Å². The van der Waals surface area contributed by atoms with Crippen molar-refractivity contribution in [2.24, 2.45) is 0 Å². The minimum atomic E-state index is -0.464. The van der Waals surface area contributed by atoms with Gasteiger partial charge in [0.25, 0.3) is 0 Å². The smallest absolute Gasteiger partial charge is 0.338 e. The molecule has 0 unspecified atom stereocenters. The lowest BCUT2D eigenvalue weighted by molar-refractivity contribution is 0.0590. The molecule has 0 amide bonds. The molecule has 6 aromatic rings. The highest BCUT2D eigenvalue weighted by atomic mass is 16.5. The molecule has 0 atom stereocenters. The molecule has 0 aliphatic carbocycles. The second-order valence-corrected chi connectivity index (χ2v) is 8.80. The zero-order chi connectivity index (χ0) is 24.8. The van der Waals surface area contributed by atoms with Gasteiger partial charge in [-0.3, -0.25) is 0 Å². The van der Waals surface area contributed by atoms with Crippen LogP contribution in [-0.2, 0) is 9.47 Å². The minimum Gasteiger partial charge on any atom is -0.465 e. The van der Waals surface area contributed by atoms with Gasteiger partial charge >= 0.3 is 11.9 Å². The van der Waals surface area contributed by atoms with Gasteiger partial charge in [-0.25, -0.2) is 9.59 Å². The van der Waals surface area contributed by atoms with Gasteiger partial charge in [0.15, 0.2) is 0 Å². The van der Waals surface area contributed by atoms with E-state index in [0.717, 1.165) is 43.1 Å². The van der Waals surface area contributed by atoms with Gasteiger partial charge in [0, 0.05) is 11.1 Å². The molecular weight excluding hydrogens is 448 g/mol. The van der Waals surface area contributed by atoms with Crippen molar-refractivity contribution in [2.45, 2.75) is 0 Å². The van der Waals surface area contributed by atoms with Crippen molar-refractivity contribution < 1.29 is 19.1 Å². The van der Waals surface area contributed by atoms with Gasteiger partial charge in [-0.2, -0.15) is 0 Å². The van der Waals surface area contributed by atoms with Crippen LogP contribution in [0.25, 0.3) is 54.2 Å². The van der Waals surface area contributed by atoms with E-state index in [1.54, 1.807) is 12.1 Å². The third kappa shape index (κ3) is 3.38. The summed E-state index contributed by atoms with van der Waals surface area (Å²) >= 11 is 0. The molecule has 0 aromatic heterocycles. The number of hydrogen-bond acceptors (Lipinski definition) is 4. The van der Waals surface area contributed by atoms with E-state index in [1.807, 2.05) is 48.5 Å². The van der Waals surface area contributed by atoms with Crippen LogP contribution in [0.3, 0.4) is 0 Å². The van der Waals surface area contributed by atoms with Gasteiger partial charge in [-0.05, 0) is 79.5 Å². The molecule has 0 heterocycles. The van der Waals surface area contributed by atoms with Crippen LogP contribution in [0.4, 0.5) is 0 Å². The van der Waals surface area contributed by atoms with Crippen LogP contribution in [0, 0.1) is 0 Å². The average molecular weight is 471 g/mol. The van der Waals surface area contributed by atoms with Crippen molar-refractivity contribution in [3.63, 3.8) is 0 Å². The molecule has 0 aliphatic heterocycles. The summed E-state index contributed by atoms with van der Waals surface area (Å²) in [7, 11) is 2.74. The first-order valence-corrected chi connectivity index (χ1v) is 11.7. The van der Waals surface area contributed by atoms with Crippen molar-refractivity contribution in [3.05, 3.63) is 108 Å². The Morgan fingerprint density at radius 3 is 1.19 bits per heavy atom. The highest BCUT2D eigenvalue weighted by Gasteiger charge is 2.24. The standard InChI is InChI=1S/C32H22O4/c1-35-31(33)25-13-11-23-15-19-7-3-5-9-21(19)17-27(23)29(25)30-26(32(34)36-2)14-12-24-16-20-8-4-6-10-22(20)18-28(24)30/h3-18H,1-2H3. The van der Waals surface area contributed by atoms with Gasteiger partial charge in [0.05, 0.1) is 25.3 Å². The number of hydrogen-bond donors (Lipinski definition) is 0. The van der Waals surface area contributed by atoms with Gasteiger partial charge in [-0.15, -0.1) is 0 Å². The minimum absolute atomic E-state index is 0.395. The number of carbonyl (C=O) groups is 2. The van der Waals surface area contributed by atoms with E-state index >= 15 is 0 Å². The van der Waals surface area contributed by atoms with Crippen molar-refractivity contribution in [1.29, 1.82) is 0 Å². The number of methoxy groups -OCH3 is 2. The Bertz CT molecular complexity index is 1710. The molecule has 4 nitrogen and oxygen atoms in total. The Morgan fingerprint density at radius 1 is 0.472 bits per heavy atom. The summed E-state index contributed by atoms with van der Waals surface area (Å²) in [6.45, 7) is 0. The molecule has 0 spiro atoms. The van der Waals surface area contributed by atoms with Gasteiger partial charge in [-0.1, -0.05) is 60.7 Å². The molecule has 174 valence electrons. The molecule has 0 saturated heterocycles. The molecule has 0 bridgehead atoms. The zero-order valence-electron chi connectivity index (χ0n) is 19.9. The van der Waals surface area contributed by atoms with Gasteiger partial charge in [0.1, 0.15) is 0 Å². The fraction of sp³-hybridized carbons (Fsp3) is 0.0625. The Hall–Kier alpha value is -4.70. The first-order chi connectivity index (χ1) is 17.6. The molecule has 0 saturated carbocycles. The monoisotopic (exact) mass is 470 g/mol. The second-order valence-electron chi connectivity index (χ2n) is 8.80. The highest BCUT2D eigenvalue weighted by Crippen LogP contribution is 2.42. The van der Waals surface area contributed by atoms with Crippen LogP contribution in [0.15, 0.2) is 97.1 Å². The lowest BCUT2D eigenvalue weighted by Crippen LogP contribution is -2.09. The SMILES string of the molecule is COC(=O)c1ccc2cc3ccccc3cc2c1-c1c(C(=O)OC)ccc2cc3ccccc3cc12. The van der Waals surface area contributed by atoms with Crippen LogP contribution in [0.2, 0.25) is 0 Å². The van der Waals surface area contributed by atoms with Crippen LogP contribution in [0.1, 0.15) is 20.7 Å². The fourth-order valence-corrected chi connectivity index (χ4v) is 5.13. The lowest BCUT2D eigenvalue weighted by atomic mass is 9.85.